The van der Waals surface area contributed by atoms with Crippen LogP contribution in [0.25, 0.3) is 5.82 Å². The molecule has 4 aromatic rings. The molecular formula is C21H16FN5O2. The highest BCUT2D eigenvalue weighted by molar-refractivity contribution is 5.99. The van der Waals surface area contributed by atoms with Crippen LogP contribution in [-0.4, -0.2) is 20.8 Å². The molecule has 144 valence electrons. The molecule has 0 aliphatic carbocycles. The summed E-state index contributed by atoms with van der Waals surface area (Å²) in [6.45, 7) is 0. The minimum Gasteiger partial charge on any atom is -0.438 e. The lowest BCUT2D eigenvalue weighted by Gasteiger charge is -2.09. The molecule has 8 heteroatoms. The van der Waals surface area contributed by atoms with Crippen molar-refractivity contribution >= 4 is 17.4 Å². The van der Waals surface area contributed by atoms with Gasteiger partial charge < -0.3 is 19.9 Å². The van der Waals surface area contributed by atoms with E-state index in [2.05, 4.69) is 20.8 Å². The van der Waals surface area contributed by atoms with Gasteiger partial charge in [-0.2, -0.15) is 0 Å². The van der Waals surface area contributed by atoms with Crippen molar-refractivity contribution in [1.82, 2.24) is 14.8 Å². The van der Waals surface area contributed by atoms with Crippen LogP contribution in [0.1, 0.15) is 0 Å². The second-order valence-electron chi connectivity index (χ2n) is 6.01. The Balaban J connectivity index is 1.35. The summed E-state index contributed by atoms with van der Waals surface area (Å²) in [6, 6.07) is 19.4. The number of aromatic nitrogens is 3. The third-order valence-electron chi connectivity index (χ3n) is 3.95. The van der Waals surface area contributed by atoms with Crippen LogP contribution in [0.4, 0.5) is 20.6 Å². The van der Waals surface area contributed by atoms with Crippen molar-refractivity contribution in [2.24, 2.45) is 0 Å². The first-order valence-corrected chi connectivity index (χ1v) is 8.75. The van der Waals surface area contributed by atoms with E-state index in [0.29, 0.717) is 23.1 Å². The van der Waals surface area contributed by atoms with Crippen molar-refractivity contribution in [1.29, 1.82) is 0 Å². The second-order valence-corrected chi connectivity index (χ2v) is 6.01. The molecule has 2 aromatic carbocycles. The molecule has 7 nitrogen and oxygen atoms in total. The molecule has 2 amide bonds. The molecule has 29 heavy (non-hydrogen) atoms. The largest absolute Gasteiger partial charge is 0.438 e. The van der Waals surface area contributed by atoms with Gasteiger partial charge in [-0.3, -0.25) is 0 Å². The average molecular weight is 389 g/mol. The van der Waals surface area contributed by atoms with Crippen molar-refractivity contribution in [3.05, 3.63) is 91.0 Å². The number of rotatable bonds is 5. The standard InChI is InChI=1S/C21H16FN5O2/c22-17-5-1-2-6-18(17)24-21(28)23-15-7-9-16(10-8-15)29-20-12-11-19(25-26-20)27-13-3-4-14-27/h1-14H,(H2,23,24,28). The van der Waals surface area contributed by atoms with E-state index in [1.165, 1.54) is 12.1 Å². The maximum Gasteiger partial charge on any atom is 0.323 e. The highest BCUT2D eigenvalue weighted by Gasteiger charge is 2.07. The number of carbonyl (C=O) groups is 1. The summed E-state index contributed by atoms with van der Waals surface area (Å²) in [4.78, 5) is 12.0. The van der Waals surface area contributed by atoms with Crippen LogP contribution in [0, 0.1) is 5.82 Å². The molecule has 4 rings (SSSR count). The van der Waals surface area contributed by atoms with Gasteiger partial charge in [0.1, 0.15) is 11.6 Å². The number of benzene rings is 2. The summed E-state index contributed by atoms with van der Waals surface area (Å²) in [5, 5.41) is 13.2. The SMILES string of the molecule is O=C(Nc1ccc(Oc2ccc(-n3cccc3)nn2)cc1)Nc1ccccc1F. The molecule has 2 aromatic heterocycles. The summed E-state index contributed by atoms with van der Waals surface area (Å²) in [7, 11) is 0. The summed E-state index contributed by atoms with van der Waals surface area (Å²) < 4.78 is 21.1. The quantitative estimate of drug-likeness (QED) is 0.512. The van der Waals surface area contributed by atoms with Gasteiger partial charge in [-0.25, -0.2) is 9.18 Å². The fourth-order valence-electron chi connectivity index (χ4n) is 2.57. The second kappa shape index (κ2) is 8.22. The molecule has 2 N–H and O–H groups in total. The summed E-state index contributed by atoms with van der Waals surface area (Å²) >= 11 is 0. The first kappa shape index (κ1) is 18.2. The van der Waals surface area contributed by atoms with Gasteiger partial charge in [-0.1, -0.05) is 12.1 Å². The fourth-order valence-corrected chi connectivity index (χ4v) is 2.57. The van der Waals surface area contributed by atoms with Crippen molar-refractivity contribution in [2.75, 3.05) is 10.6 Å². The Morgan fingerprint density at radius 1 is 0.862 bits per heavy atom. The van der Waals surface area contributed by atoms with Crippen LogP contribution in [-0.2, 0) is 0 Å². The van der Waals surface area contributed by atoms with Gasteiger partial charge in [0.25, 0.3) is 0 Å². The van der Waals surface area contributed by atoms with E-state index in [1.807, 2.05) is 29.1 Å². The topological polar surface area (TPSA) is 81.1 Å². The minimum absolute atomic E-state index is 0.104. The number of anilines is 2. The van der Waals surface area contributed by atoms with E-state index in [-0.39, 0.29) is 5.69 Å². The van der Waals surface area contributed by atoms with Gasteiger partial charge in [-0.05, 0) is 54.6 Å². The van der Waals surface area contributed by atoms with Crippen LogP contribution in [0.5, 0.6) is 11.6 Å². The van der Waals surface area contributed by atoms with Gasteiger partial charge in [-0.15, -0.1) is 10.2 Å². The molecule has 2 heterocycles. The molecule has 0 aliphatic heterocycles. The van der Waals surface area contributed by atoms with Crippen molar-refractivity contribution < 1.29 is 13.9 Å². The van der Waals surface area contributed by atoms with Crippen LogP contribution in [0.2, 0.25) is 0 Å². The molecule has 0 saturated heterocycles. The van der Waals surface area contributed by atoms with Gasteiger partial charge in [0.15, 0.2) is 5.82 Å². The summed E-state index contributed by atoms with van der Waals surface area (Å²) in [5.74, 6) is 1.06. The molecule has 0 atom stereocenters. The molecule has 0 radical (unpaired) electrons. The van der Waals surface area contributed by atoms with Gasteiger partial charge >= 0.3 is 6.03 Å². The average Bonchev–Trinajstić information content (AvgIpc) is 3.27. The number of halogens is 1. The summed E-state index contributed by atoms with van der Waals surface area (Å²) in [6.07, 6.45) is 3.75. The van der Waals surface area contributed by atoms with E-state index in [9.17, 15) is 9.18 Å². The molecule has 0 aliphatic rings. The Morgan fingerprint density at radius 2 is 1.62 bits per heavy atom. The Hall–Kier alpha value is -4.20. The highest BCUT2D eigenvalue weighted by atomic mass is 19.1. The zero-order valence-electron chi connectivity index (χ0n) is 15.1. The maximum absolute atomic E-state index is 13.6. The number of nitrogens with zero attached hydrogens (tertiary/aromatic N) is 3. The number of hydrogen-bond acceptors (Lipinski definition) is 4. The predicted octanol–water partition coefficient (Wildman–Crippen LogP) is 4.84. The highest BCUT2D eigenvalue weighted by Crippen LogP contribution is 2.22. The lowest BCUT2D eigenvalue weighted by atomic mass is 10.3. The number of nitrogens with one attached hydrogen (secondary N) is 2. The molecular weight excluding hydrogens is 373 g/mol. The number of amides is 2. The van der Waals surface area contributed by atoms with Crippen LogP contribution in [0.15, 0.2) is 85.2 Å². The monoisotopic (exact) mass is 389 g/mol. The number of hydrogen-bond donors (Lipinski definition) is 2. The third kappa shape index (κ3) is 4.56. The van der Waals surface area contributed by atoms with Gasteiger partial charge in [0.2, 0.25) is 5.88 Å². The van der Waals surface area contributed by atoms with Crippen LogP contribution >= 0.6 is 0 Å². The lowest BCUT2D eigenvalue weighted by Crippen LogP contribution is -2.20. The Kier molecular flexibility index (Phi) is 5.15. The van der Waals surface area contributed by atoms with Crippen molar-refractivity contribution in [3.8, 4) is 17.4 Å². The number of para-hydroxylation sites is 1. The zero-order valence-corrected chi connectivity index (χ0v) is 15.1. The molecule has 0 bridgehead atoms. The predicted molar refractivity (Wildman–Crippen MR) is 107 cm³/mol. The first-order chi connectivity index (χ1) is 14.2. The lowest BCUT2D eigenvalue weighted by molar-refractivity contribution is 0.262. The Labute approximate surface area is 165 Å². The first-order valence-electron chi connectivity index (χ1n) is 8.75. The van der Waals surface area contributed by atoms with Crippen molar-refractivity contribution in [2.45, 2.75) is 0 Å². The van der Waals surface area contributed by atoms with Gasteiger partial charge in [0.05, 0.1) is 5.69 Å². The van der Waals surface area contributed by atoms with Gasteiger partial charge in [0, 0.05) is 24.1 Å². The zero-order chi connectivity index (χ0) is 20.1. The Bertz CT molecular complexity index is 1100. The van der Waals surface area contributed by atoms with Crippen molar-refractivity contribution in [3.63, 3.8) is 0 Å². The third-order valence-corrected chi connectivity index (χ3v) is 3.95. The smallest absolute Gasteiger partial charge is 0.323 e. The maximum atomic E-state index is 13.6. The normalized spacial score (nSPS) is 10.4. The van der Waals surface area contributed by atoms with Crippen LogP contribution < -0.4 is 15.4 Å². The molecule has 0 spiro atoms. The molecule has 0 saturated carbocycles. The molecule has 0 fully saturated rings. The number of urea groups is 1. The van der Waals surface area contributed by atoms with Crippen LogP contribution in [0.3, 0.4) is 0 Å². The number of ether oxygens (including phenoxy) is 1. The fraction of sp³-hybridized carbons (Fsp3) is 0. The van der Waals surface area contributed by atoms with E-state index >= 15 is 0 Å². The Morgan fingerprint density at radius 3 is 2.31 bits per heavy atom. The number of carbonyl (C=O) groups excluding carboxylic acids is 1. The minimum atomic E-state index is -0.546. The van der Waals surface area contributed by atoms with E-state index in [4.69, 9.17) is 4.74 Å². The summed E-state index contributed by atoms with van der Waals surface area (Å²) in [5.41, 5.74) is 0.632. The van der Waals surface area contributed by atoms with E-state index in [1.54, 1.807) is 48.5 Å². The van der Waals surface area contributed by atoms with E-state index in [0.717, 1.165) is 0 Å². The molecule has 0 unspecified atom stereocenters. The van der Waals surface area contributed by atoms with E-state index < -0.39 is 11.8 Å².